The highest BCUT2D eigenvalue weighted by molar-refractivity contribution is 5.61. The minimum absolute atomic E-state index is 0.00889. The number of aldehydes is 1. The second kappa shape index (κ2) is 3.16. The molecule has 0 spiro atoms. The molecule has 51 valence electrons. The molecule has 0 heterocycles. The van der Waals surface area contributed by atoms with Crippen molar-refractivity contribution in [1.29, 1.82) is 0 Å². The lowest BCUT2D eigenvalue weighted by Gasteiger charge is -2.00. The van der Waals surface area contributed by atoms with Crippen LogP contribution in [0.1, 0.15) is 18.4 Å². The molecule has 1 rings (SSSR count). The monoisotopic (exact) mass is 133 g/mol. The van der Waals surface area contributed by atoms with Crippen molar-refractivity contribution in [3.63, 3.8) is 0 Å². The molecule has 10 heavy (non-hydrogen) atoms. The minimum atomic E-state index is 0.00889. The summed E-state index contributed by atoms with van der Waals surface area (Å²) in [5.74, 6) is 0.00889. The van der Waals surface area contributed by atoms with Crippen molar-refractivity contribution in [2.75, 3.05) is 0 Å². The summed E-state index contributed by atoms with van der Waals surface area (Å²) in [6.07, 6.45) is 0.940. The van der Waals surface area contributed by atoms with Gasteiger partial charge in [0.1, 0.15) is 6.29 Å². The molecular formula is C9H9O. The predicted molar refractivity (Wildman–Crippen MR) is 39.8 cm³/mol. The molecule has 0 fully saturated rings. The summed E-state index contributed by atoms with van der Waals surface area (Å²) in [5.41, 5.74) is 1.05. The van der Waals surface area contributed by atoms with Gasteiger partial charge in [-0.05, 0) is 11.6 Å². The first-order valence-electron chi connectivity index (χ1n) is 3.26. The lowest BCUT2D eigenvalue weighted by atomic mass is 10.0. The zero-order valence-corrected chi connectivity index (χ0v) is 5.87. The maximum Gasteiger partial charge on any atom is 0.127 e. The normalized spacial score (nSPS) is 12.5. The third-order valence-corrected chi connectivity index (χ3v) is 1.47. The van der Waals surface area contributed by atoms with Crippen molar-refractivity contribution in [3.05, 3.63) is 35.9 Å². The number of rotatable bonds is 2. The molecule has 1 heteroatoms. The molecule has 0 amide bonds. The van der Waals surface area contributed by atoms with Gasteiger partial charge in [0.15, 0.2) is 0 Å². The van der Waals surface area contributed by atoms with Crippen LogP contribution in [0.4, 0.5) is 0 Å². The summed E-state index contributed by atoms with van der Waals surface area (Å²) in [7, 11) is 0. The van der Waals surface area contributed by atoms with Crippen LogP contribution in [-0.2, 0) is 4.79 Å². The third kappa shape index (κ3) is 1.44. The molecule has 1 aromatic carbocycles. The highest BCUT2D eigenvalue weighted by Gasteiger charge is 1.99. The number of benzene rings is 1. The van der Waals surface area contributed by atoms with Gasteiger partial charge in [0.2, 0.25) is 0 Å². The minimum Gasteiger partial charge on any atom is -0.303 e. The largest absolute Gasteiger partial charge is 0.303 e. The quantitative estimate of drug-likeness (QED) is 0.562. The Kier molecular flexibility index (Phi) is 2.21. The molecule has 0 bridgehead atoms. The SMILES string of the molecule is CC(C=O)c1cc[c]cc1. The summed E-state index contributed by atoms with van der Waals surface area (Å²) >= 11 is 0. The average molecular weight is 133 g/mol. The number of hydrogen-bond acceptors (Lipinski definition) is 1. The Morgan fingerprint density at radius 1 is 1.50 bits per heavy atom. The highest BCUT2D eigenvalue weighted by atomic mass is 16.1. The highest BCUT2D eigenvalue weighted by Crippen LogP contribution is 2.10. The topological polar surface area (TPSA) is 17.1 Å². The maximum absolute atomic E-state index is 10.3. The van der Waals surface area contributed by atoms with Crippen molar-refractivity contribution in [1.82, 2.24) is 0 Å². The molecule has 0 saturated heterocycles. The zero-order valence-electron chi connectivity index (χ0n) is 5.87. The predicted octanol–water partition coefficient (Wildman–Crippen LogP) is 1.79. The van der Waals surface area contributed by atoms with Gasteiger partial charge < -0.3 is 4.79 Å². The Balaban J connectivity index is 2.84. The molecule has 1 aromatic rings. The van der Waals surface area contributed by atoms with E-state index < -0.39 is 0 Å². The molecule has 1 radical (unpaired) electrons. The summed E-state index contributed by atoms with van der Waals surface area (Å²) in [6.45, 7) is 1.88. The molecule has 1 nitrogen and oxygen atoms in total. The van der Waals surface area contributed by atoms with E-state index in [9.17, 15) is 4.79 Å². The van der Waals surface area contributed by atoms with Gasteiger partial charge in [-0.25, -0.2) is 0 Å². The van der Waals surface area contributed by atoms with Crippen molar-refractivity contribution in [2.24, 2.45) is 0 Å². The lowest BCUT2D eigenvalue weighted by Crippen LogP contribution is -1.92. The fraction of sp³-hybridized carbons (Fsp3) is 0.222. The van der Waals surface area contributed by atoms with E-state index in [1.807, 2.05) is 31.2 Å². The van der Waals surface area contributed by atoms with Crippen molar-refractivity contribution in [2.45, 2.75) is 12.8 Å². The molecule has 0 saturated carbocycles. The lowest BCUT2D eigenvalue weighted by molar-refractivity contribution is -0.108. The Morgan fingerprint density at radius 3 is 2.60 bits per heavy atom. The second-order valence-electron chi connectivity index (χ2n) is 2.26. The van der Waals surface area contributed by atoms with Gasteiger partial charge in [-0.1, -0.05) is 31.2 Å². The van der Waals surface area contributed by atoms with E-state index in [1.165, 1.54) is 0 Å². The Bertz CT molecular complexity index is 203. The van der Waals surface area contributed by atoms with Crippen molar-refractivity contribution < 1.29 is 4.79 Å². The zero-order chi connectivity index (χ0) is 7.40. The van der Waals surface area contributed by atoms with Crippen LogP contribution in [0, 0.1) is 6.07 Å². The first kappa shape index (κ1) is 7.00. The van der Waals surface area contributed by atoms with Crippen LogP contribution < -0.4 is 0 Å². The van der Waals surface area contributed by atoms with Crippen LogP contribution in [0.15, 0.2) is 24.3 Å². The molecule has 1 atom stereocenters. The van der Waals surface area contributed by atoms with Crippen molar-refractivity contribution >= 4 is 6.29 Å². The van der Waals surface area contributed by atoms with E-state index in [0.717, 1.165) is 11.8 Å². The standard InChI is InChI=1S/C9H9O/c1-8(7-10)9-5-3-2-4-6-9/h3-8H,1H3. The summed E-state index contributed by atoms with van der Waals surface area (Å²) in [4.78, 5) is 10.3. The molecule has 0 aliphatic heterocycles. The summed E-state index contributed by atoms with van der Waals surface area (Å²) in [6, 6.07) is 10.3. The summed E-state index contributed by atoms with van der Waals surface area (Å²) < 4.78 is 0. The van der Waals surface area contributed by atoms with E-state index in [-0.39, 0.29) is 5.92 Å². The smallest absolute Gasteiger partial charge is 0.127 e. The van der Waals surface area contributed by atoms with Gasteiger partial charge >= 0.3 is 0 Å². The van der Waals surface area contributed by atoms with Crippen LogP contribution in [0.25, 0.3) is 0 Å². The van der Waals surface area contributed by atoms with Crippen LogP contribution >= 0.6 is 0 Å². The van der Waals surface area contributed by atoms with E-state index in [4.69, 9.17) is 0 Å². The molecule has 0 aliphatic carbocycles. The summed E-state index contributed by atoms with van der Waals surface area (Å²) in [5, 5.41) is 0. The Labute approximate surface area is 60.7 Å². The number of carbonyl (C=O) groups is 1. The van der Waals surface area contributed by atoms with E-state index in [0.29, 0.717) is 0 Å². The molecule has 0 aromatic heterocycles. The van der Waals surface area contributed by atoms with Crippen LogP contribution in [-0.4, -0.2) is 6.29 Å². The van der Waals surface area contributed by atoms with Gasteiger partial charge in [-0.2, -0.15) is 0 Å². The average Bonchev–Trinajstić information content (AvgIpc) is 2.05. The van der Waals surface area contributed by atoms with E-state index >= 15 is 0 Å². The third-order valence-electron chi connectivity index (χ3n) is 1.47. The van der Waals surface area contributed by atoms with Crippen LogP contribution in [0.3, 0.4) is 0 Å². The van der Waals surface area contributed by atoms with Gasteiger partial charge in [0.25, 0.3) is 0 Å². The van der Waals surface area contributed by atoms with E-state index in [1.54, 1.807) is 0 Å². The molecular weight excluding hydrogens is 124 g/mol. The first-order chi connectivity index (χ1) is 4.84. The van der Waals surface area contributed by atoms with Crippen molar-refractivity contribution in [3.8, 4) is 0 Å². The van der Waals surface area contributed by atoms with Crippen LogP contribution in [0.2, 0.25) is 0 Å². The molecule has 1 unspecified atom stereocenters. The Morgan fingerprint density at radius 2 is 2.10 bits per heavy atom. The maximum atomic E-state index is 10.3. The fourth-order valence-corrected chi connectivity index (χ4v) is 0.782. The molecule has 0 N–H and O–H groups in total. The second-order valence-corrected chi connectivity index (χ2v) is 2.26. The number of carbonyl (C=O) groups excluding carboxylic acids is 1. The Hall–Kier alpha value is -1.11. The molecule has 0 aliphatic rings. The van der Waals surface area contributed by atoms with Gasteiger partial charge in [0, 0.05) is 5.92 Å². The first-order valence-corrected chi connectivity index (χ1v) is 3.26. The van der Waals surface area contributed by atoms with Gasteiger partial charge in [0.05, 0.1) is 0 Å². The van der Waals surface area contributed by atoms with Gasteiger partial charge in [-0.3, -0.25) is 0 Å². The van der Waals surface area contributed by atoms with E-state index in [2.05, 4.69) is 6.07 Å². The number of hydrogen-bond donors (Lipinski definition) is 0. The van der Waals surface area contributed by atoms with Crippen LogP contribution in [0.5, 0.6) is 0 Å². The van der Waals surface area contributed by atoms with Gasteiger partial charge in [-0.15, -0.1) is 0 Å². The fourth-order valence-electron chi connectivity index (χ4n) is 0.782.